The van der Waals surface area contributed by atoms with Crippen LogP contribution in [0.5, 0.6) is 0 Å². The minimum atomic E-state index is -0.159. The van der Waals surface area contributed by atoms with Crippen LogP contribution in [0.25, 0.3) is 23.2 Å². The van der Waals surface area contributed by atoms with Crippen LogP contribution in [0.3, 0.4) is 0 Å². The Labute approximate surface area is 190 Å². The number of para-hydroxylation sites is 1. The van der Waals surface area contributed by atoms with Crippen LogP contribution in [0.2, 0.25) is 0 Å². The highest BCUT2D eigenvalue weighted by atomic mass is 16.5. The summed E-state index contributed by atoms with van der Waals surface area (Å²) in [4.78, 5) is 26.0. The average Bonchev–Trinajstić information content (AvgIpc) is 3.41. The highest BCUT2D eigenvalue weighted by Gasteiger charge is 2.20. The zero-order chi connectivity index (χ0) is 22.8. The fraction of sp³-hybridized carbons (Fsp3) is 0.261. The van der Waals surface area contributed by atoms with E-state index in [9.17, 15) is 4.79 Å². The van der Waals surface area contributed by atoms with Crippen LogP contribution in [0.15, 0.2) is 42.7 Å². The van der Waals surface area contributed by atoms with Crippen molar-refractivity contribution in [1.29, 1.82) is 0 Å². The lowest BCUT2D eigenvalue weighted by Gasteiger charge is -2.23. The van der Waals surface area contributed by atoms with Crippen molar-refractivity contribution in [3.8, 4) is 0 Å². The second-order valence-electron chi connectivity index (χ2n) is 7.81. The summed E-state index contributed by atoms with van der Waals surface area (Å²) in [6.07, 6.45) is 7.22. The van der Waals surface area contributed by atoms with Crippen LogP contribution in [0.4, 0.5) is 11.6 Å². The number of benzene rings is 1. The van der Waals surface area contributed by atoms with Crippen molar-refractivity contribution in [2.45, 2.75) is 0 Å². The Balaban J connectivity index is 1.60. The van der Waals surface area contributed by atoms with Gasteiger partial charge in [0, 0.05) is 44.6 Å². The number of H-pyrrole nitrogens is 1. The molecule has 1 N–H and O–H groups in total. The van der Waals surface area contributed by atoms with E-state index in [1.54, 1.807) is 29.9 Å². The minimum absolute atomic E-state index is 0.159. The quantitative estimate of drug-likeness (QED) is 0.481. The molecule has 0 atom stereocenters. The highest BCUT2D eigenvalue weighted by molar-refractivity contribution is 5.97. The molecule has 0 spiro atoms. The molecule has 10 nitrogen and oxygen atoms in total. The number of aryl methyl sites for hydroxylation is 1. The smallest absolute Gasteiger partial charge is 0.274 e. The lowest BCUT2D eigenvalue weighted by atomic mass is 10.2. The van der Waals surface area contributed by atoms with Gasteiger partial charge in [0.2, 0.25) is 5.95 Å². The van der Waals surface area contributed by atoms with Gasteiger partial charge in [-0.1, -0.05) is 18.2 Å². The van der Waals surface area contributed by atoms with Gasteiger partial charge in [-0.25, -0.2) is 9.97 Å². The van der Waals surface area contributed by atoms with Crippen LogP contribution >= 0.6 is 0 Å². The van der Waals surface area contributed by atoms with E-state index in [1.165, 1.54) is 0 Å². The van der Waals surface area contributed by atoms with E-state index < -0.39 is 0 Å². The molecular formula is C23H24N8O2. The molecule has 1 amide bonds. The predicted octanol–water partition coefficient (Wildman–Crippen LogP) is 2.50. The molecule has 3 aromatic heterocycles. The highest BCUT2D eigenvalue weighted by Crippen LogP contribution is 2.25. The standard InChI is InChI=1S/C23H24N8O2/c1-29-10-12-33-13-11-31(17-6-4-3-5-7-17)23-24-14-19-21(25-23)18(26-27-19)9-8-16-15-30(2)28-20(16)22(29)32/h3-9,14-15H,10-13H2,1-2H3,(H,26,27)/b9-8+. The first-order valence-electron chi connectivity index (χ1n) is 10.7. The van der Waals surface area contributed by atoms with Crippen molar-refractivity contribution in [2.24, 2.45) is 7.05 Å². The van der Waals surface area contributed by atoms with Crippen LogP contribution in [-0.4, -0.2) is 74.1 Å². The van der Waals surface area contributed by atoms with Crippen LogP contribution < -0.4 is 4.90 Å². The lowest BCUT2D eigenvalue weighted by molar-refractivity contribution is 0.0698. The number of nitrogens with zero attached hydrogens (tertiary/aromatic N) is 7. The van der Waals surface area contributed by atoms with Crippen molar-refractivity contribution < 1.29 is 9.53 Å². The van der Waals surface area contributed by atoms with Crippen LogP contribution in [0.1, 0.15) is 21.7 Å². The first-order chi connectivity index (χ1) is 16.1. The van der Waals surface area contributed by atoms with Gasteiger partial charge >= 0.3 is 0 Å². The zero-order valence-corrected chi connectivity index (χ0v) is 18.5. The molecule has 1 aliphatic heterocycles. The van der Waals surface area contributed by atoms with Gasteiger partial charge in [-0.15, -0.1) is 0 Å². The Hall–Kier alpha value is -4.05. The number of aromatic nitrogens is 6. The summed E-state index contributed by atoms with van der Waals surface area (Å²) < 4.78 is 7.49. The molecule has 0 saturated carbocycles. The van der Waals surface area contributed by atoms with E-state index in [0.29, 0.717) is 54.7 Å². The molecular weight excluding hydrogens is 420 g/mol. The molecule has 0 saturated heterocycles. The van der Waals surface area contributed by atoms with Crippen LogP contribution in [0, 0.1) is 0 Å². The first kappa shape index (κ1) is 20.8. The normalized spacial score (nSPS) is 16.4. The number of anilines is 2. The van der Waals surface area contributed by atoms with Crippen molar-refractivity contribution in [2.75, 3.05) is 38.3 Å². The number of carbonyl (C=O) groups is 1. The Kier molecular flexibility index (Phi) is 5.57. The van der Waals surface area contributed by atoms with Gasteiger partial charge < -0.3 is 14.5 Å². The second-order valence-corrected chi connectivity index (χ2v) is 7.81. The molecule has 0 unspecified atom stereocenters. The van der Waals surface area contributed by atoms with Crippen molar-refractivity contribution >= 4 is 40.7 Å². The van der Waals surface area contributed by atoms with Gasteiger partial charge in [-0.2, -0.15) is 10.2 Å². The van der Waals surface area contributed by atoms with Gasteiger partial charge in [0.25, 0.3) is 5.91 Å². The summed E-state index contributed by atoms with van der Waals surface area (Å²) in [5.74, 6) is 0.406. The molecule has 0 radical (unpaired) electrons. The van der Waals surface area contributed by atoms with Crippen LogP contribution in [-0.2, 0) is 11.8 Å². The number of carbonyl (C=O) groups excluding carboxylic acids is 1. The predicted molar refractivity (Wildman–Crippen MR) is 125 cm³/mol. The largest absolute Gasteiger partial charge is 0.378 e. The van der Waals surface area contributed by atoms with Gasteiger partial charge in [-0.3, -0.25) is 14.6 Å². The third-order valence-electron chi connectivity index (χ3n) is 5.48. The molecule has 1 aliphatic rings. The maximum atomic E-state index is 13.0. The number of hydrogen-bond donors (Lipinski definition) is 1. The summed E-state index contributed by atoms with van der Waals surface area (Å²) >= 11 is 0. The zero-order valence-electron chi connectivity index (χ0n) is 18.5. The molecule has 0 fully saturated rings. The monoisotopic (exact) mass is 444 g/mol. The van der Waals surface area contributed by atoms with E-state index in [0.717, 1.165) is 11.2 Å². The topological polar surface area (TPSA) is 105 Å². The van der Waals surface area contributed by atoms with Gasteiger partial charge in [-0.05, 0) is 24.3 Å². The van der Waals surface area contributed by atoms with E-state index in [4.69, 9.17) is 9.72 Å². The summed E-state index contributed by atoms with van der Waals surface area (Å²) in [6, 6.07) is 9.95. The number of ether oxygens (including phenoxy) is 1. The number of amides is 1. The van der Waals surface area contributed by atoms with Crippen molar-refractivity contribution in [1.82, 2.24) is 34.8 Å². The van der Waals surface area contributed by atoms with E-state index in [1.807, 2.05) is 53.6 Å². The number of rotatable bonds is 1. The Morgan fingerprint density at radius 2 is 1.88 bits per heavy atom. The number of nitrogens with one attached hydrogen (secondary N) is 1. The summed E-state index contributed by atoms with van der Waals surface area (Å²) in [7, 11) is 3.55. The van der Waals surface area contributed by atoms with Gasteiger partial charge in [0.1, 0.15) is 16.7 Å². The van der Waals surface area contributed by atoms with E-state index >= 15 is 0 Å². The molecule has 33 heavy (non-hydrogen) atoms. The van der Waals surface area contributed by atoms with Gasteiger partial charge in [0.15, 0.2) is 5.69 Å². The van der Waals surface area contributed by atoms with Crippen molar-refractivity contribution in [3.63, 3.8) is 0 Å². The summed E-state index contributed by atoms with van der Waals surface area (Å²) in [5.41, 5.74) is 4.13. The minimum Gasteiger partial charge on any atom is -0.378 e. The fourth-order valence-electron chi connectivity index (χ4n) is 3.73. The van der Waals surface area contributed by atoms with Crippen molar-refractivity contribution in [3.05, 3.63) is 59.7 Å². The molecule has 1 aromatic carbocycles. The SMILES string of the molecule is CN1CCOCCN(c2ccccc2)c2ncc3[nH]nc(c3n2)/C=C/c2cn(C)nc2C1=O. The summed E-state index contributed by atoms with van der Waals surface area (Å²) in [5, 5.41) is 11.7. The molecule has 4 heterocycles. The maximum Gasteiger partial charge on any atom is 0.274 e. The van der Waals surface area contributed by atoms with E-state index in [2.05, 4.69) is 20.3 Å². The third kappa shape index (κ3) is 4.20. The fourth-order valence-corrected chi connectivity index (χ4v) is 3.73. The number of likely N-dealkylation sites (N-methyl/N-ethyl adjacent to an activating group) is 1. The second kappa shape index (κ2) is 8.83. The molecule has 168 valence electrons. The third-order valence-corrected chi connectivity index (χ3v) is 5.48. The number of hydrogen-bond acceptors (Lipinski definition) is 7. The average molecular weight is 444 g/mol. The molecule has 0 aliphatic carbocycles. The first-order valence-corrected chi connectivity index (χ1v) is 10.7. The Morgan fingerprint density at radius 1 is 1.06 bits per heavy atom. The Morgan fingerprint density at radius 3 is 2.73 bits per heavy atom. The van der Waals surface area contributed by atoms with E-state index in [-0.39, 0.29) is 5.91 Å². The molecule has 4 aromatic rings. The lowest BCUT2D eigenvalue weighted by Crippen LogP contribution is -2.32. The summed E-state index contributed by atoms with van der Waals surface area (Å²) in [6.45, 7) is 1.87. The number of aromatic amines is 1. The number of fused-ring (bicyclic) bond motifs is 2. The molecule has 2 bridgehead atoms. The van der Waals surface area contributed by atoms with Gasteiger partial charge in [0.05, 0.1) is 19.4 Å². The maximum absolute atomic E-state index is 13.0. The Bertz CT molecular complexity index is 1310. The molecule has 10 heteroatoms. The molecule has 5 rings (SSSR count).